The number of fused-ring (bicyclic) bond motifs is 1. The highest BCUT2D eigenvalue weighted by Crippen LogP contribution is 2.38. The van der Waals surface area contributed by atoms with Crippen molar-refractivity contribution < 1.29 is 4.79 Å². The predicted octanol–water partition coefficient (Wildman–Crippen LogP) is 4.86. The van der Waals surface area contributed by atoms with Crippen LogP contribution in [0.15, 0.2) is 35.7 Å². The third kappa shape index (κ3) is 2.61. The van der Waals surface area contributed by atoms with Gasteiger partial charge in [0, 0.05) is 22.9 Å². The molecule has 1 aromatic carbocycles. The SMILES string of the molecule is CC1CCCC1n1c(Cc2cccs2)nc2cc(C=O)ccc21. The third-order valence-electron chi connectivity index (χ3n) is 4.98. The predicted molar refractivity (Wildman–Crippen MR) is 94.3 cm³/mol. The average Bonchev–Trinajstić information content (AvgIpc) is 3.27. The molecule has 1 fully saturated rings. The van der Waals surface area contributed by atoms with Crippen molar-refractivity contribution in [2.75, 3.05) is 0 Å². The van der Waals surface area contributed by atoms with E-state index < -0.39 is 0 Å². The minimum absolute atomic E-state index is 0.525. The lowest BCUT2D eigenvalue weighted by Gasteiger charge is -2.21. The second kappa shape index (κ2) is 5.93. The summed E-state index contributed by atoms with van der Waals surface area (Å²) in [7, 11) is 0. The van der Waals surface area contributed by atoms with E-state index in [1.165, 1.54) is 29.7 Å². The molecule has 3 nitrogen and oxygen atoms in total. The third-order valence-corrected chi connectivity index (χ3v) is 5.86. The number of carbonyl (C=O) groups is 1. The fourth-order valence-electron chi connectivity index (χ4n) is 3.81. The Morgan fingerprint density at radius 1 is 1.35 bits per heavy atom. The van der Waals surface area contributed by atoms with Crippen LogP contribution in [-0.2, 0) is 6.42 Å². The first-order valence-corrected chi connectivity index (χ1v) is 9.12. The Labute approximate surface area is 140 Å². The molecule has 0 amide bonds. The zero-order valence-corrected chi connectivity index (χ0v) is 14.1. The van der Waals surface area contributed by atoms with Crippen molar-refractivity contribution in [1.29, 1.82) is 0 Å². The summed E-state index contributed by atoms with van der Waals surface area (Å²) in [6.07, 6.45) is 5.56. The minimum atomic E-state index is 0.525. The molecule has 2 unspecified atom stereocenters. The summed E-state index contributed by atoms with van der Waals surface area (Å²) in [4.78, 5) is 17.3. The smallest absolute Gasteiger partial charge is 0.150 e. The standard InChI is InChI=1S/C19H20N2OS/c1-13-4-2-6-17(13)21-18-8-7-14(12-22)10-16(18)20-19(21)11-15-5-3-9-23-15/h3,5,7-10,12-13,17H,2,4,6,11H2,1H3. The maximum atomic E-state index is 11.1. The molecule has 0 spiro atoms. The summed E-state index contributed by atoms with van der Waals surface area (Å²) >= 11 is 1.78. The van der Waals surface area contributed by atoms with Crippen LogP contribution in [0.1, 0.15) is 53.3 Å². The molecule has 2 aromatic heterocycles. The minimum Gasteiger partial charge on any atom is -0.324 e. The molecule has 23 heavy (non-hydrogen) atoms. The zero-order chi connectivity index (χ0) is 15.8. The maximum absolute atomic E-state index is 11.1. The average molecular weight is 324 g/mol. The van der Waals surface area contributed by atoms with Crippen molar-refractivity contribution in [2.45, 2.75) is 38.6 Å². The normalized spacial score (nSPS) is 21.1. The molecular formula is C19H20N2OS. The van der Waals surface area contributed by atoms with Crippen LogP contribution >= 0.6 is 11.3 Å². The summed E-state index contributed by atoms with van der Waals surface area (Å²) in [5.74, 6) is 1.81. The molecule has 0 radical (unpaired) electrons. The van der Waals surface area contributed by atoms with Gasteiger partial charge in [-0.15, -0.1) is 11.3 Å². The molecule has 2 atom stereocenters. The molecule has 1 aliphatic carbocycles. The molecule has 118 valence electrons. The van der Waals surface area contributed by atoms with Gasteiger partial charge in [0.25, 0.3) is 0 Å². The van der Waals surface area contributed by atoms with E-state index in [4.69, 9.17) is 4.98 Å². The van der Waals surface area contributed by atoms with E-state index in [-0.39, 0.29) is 0 Å². The summed E-state index contributed by atoms with van der Waals surface area (Å²) in [6, 6.07) is 10.7. The van der Waals surface area contributed by atoms with Crippen LogP contribution in [0.4, 0.5) is 0 Å². The largest absolute Gasteiger partial charge is 0.324 e. The Kier molecular flexibility index (Phi) is 3.77. The maximum Gasteiger partial charge on any atom is 0.150 e. The molecule has 3 aromatic rings. The lowest BCUT2D eigenvalue weighted by molar-refractivity contribution is 0.112. The number of rotatable bonds is 4. The highest BCUT2D eigenvalue weighted by atomic mass is 32.1. The van der Waals surface area contributed by atoms with Gasteiger partial charge in [0.05, 0.1) is 11.0 Å². The monoisotopic (exact) mass is 324 g/mol. The molecule has 0 aliphatic heterocycles. The molecular weight excluding hydrogens is 304 g/mol. The number of hydrogen-bond acceptors (Lipinski definition) is 3. The van der Waals surface area contributed by atoms with E-state index in [9.17, 15) is 4.79 Å². The number of imidazole rings is 1. The van der Waals surface area contributed by atoms with E-state index in [0.29, 0.717) is 17.5 Å². The second-order valence-electron chi connectivity index (χ2n) is 6.50. The van der Waals surface area contributed by atoms with Gasteiger partial charge in [0.2, 0.25) is 0 Å². The number of nitrogens with zero attached hydrogens (tertiary/aromatic N) is 2. The zero-order valence-electron chi connectivity index (χ0n) is 13.2. The molecule has 0 bridgehead atoms. The number of thiophene rings is 1. The Balaban J connectivity index is 1.86. The van der Waals surface area contributed by atoms with Crippen LogP contribution in [0.2, 0.25) is 0 Å². The molecule has 4 rings (SSSR count). The van der Waals surface area contributed by atoms with Gasteiger partial charge < -0.3 is 4.57 Å². The summed E-state index contributed by atoms with van der Waals surface area (Å²) < 4.78 is 2.45. The fraction of sp³-hybridized carbons (Fsp3) is 0.368. The summed E-state index contributed by atoms with van der Waals surface area (Å²) in [5.41, 5.74) is 2.81. The number of aromatic nitrogens is 2. The van der Waals surface area contributed by atoms with Crippen LogP contribution < -0.4 is 0 Å². The molecule has 0 N–H and O–H groups in total. The highest BCUT2D eigenvalue weighted by molar-refractivity contribution is 7.09. The van der Waals surface area contributed by atoms with Gasteiger partial charge in [-0.05, 0) is 48.4 Å². The van der Waals surface area contributed by atoms with Crippen molar-refractivity contribution in [3.05, 3.63) is 52.0 Å². The molecule has 1 saturated carbocycles. The molecule has 4 heteroatoms. The number of hydrogen-bond donors (Lipinski definition) is 0. The number of aldehydes is 1. The van der Waals surface area contributed by atoms with Crippen molar-refractivity contribution >= 4 is 28.7 Å². The van der Waals surface area contributed by atoms with Crippen molar-refractivity contribution in [2.24, 2.45) is 5.92 Å². The molecule has 0 saturated heterocycles. The first-order valence-electron chi connectivity index (χ1n) is 8.24. The van der Waals surface area contributed by atoms with Crippen molar-refractivity contribution in [3.8, 4) is 0 Å². The topological polar surface area (TPSA) is 34.9 Å². The van der Waals surface area contributed by atoms with E-state index in [1.54, 1.807) is 11.3 Å². The van der Waals surface area contributed by atoms with Gasteiger partial charge in [-0.1, -0.05) is 19.4 Å². The summed E-state index contributed by atoms with van der Waals surface area (Å²) in [6.45, 7) is 2.35. The quantitative estimate of drug-likeness (QED) is 0.642. The van der Waals surface area contributed by atoms with Gasteiger partial charge in [-0.25, -0.2) is 4.98 Å². The van der Waals surface area contributed by atoms with E-state index >= 15 is 0 Å². The van der Waals surface area contributed by atoms with E-state index in [2.05, 4.69) is 35.1 Å². The van der Waals surface area contributed by atoms with Gasteiger partial charge in [0.1, 0.15) is 12.1 Å². The fourth-order valence-corrected chi connectivity index (χ4v) is 4.51. The second-order valence-corrected chi connectivity index (χ2v) is 7.53. The number of carbonyl (C=O) groups excluding carboxylic acids is 1. The van der Waals surface area contributed by atoms with Crippen LogP contribution in [0.25, 0.3) is 11.0 Å². The van der Waals surface area contributed by atoms with Crippen LogP contribution in [0.3, 0.4) is 0 Å². The van der Waals surface area contributed by atoms with Gasteiger partial charge in [0.15, 0.2) is 0 Å². The Bertz CT molecular complexity index is 835. The Hall–Kier alpha value is -1.94. The molecule has 2 heterocycles. The van der Waals surface area contributed by atoms with Crippen LogP contribution in [0.5, 0.6) is 0 Å². The Morgan fingerprint density at radius 3 is 2.96 bits per heavy atom. The first-order chi connectivity index (χ1) is 11.3. The van der Waals surface area contributed by atoms with Crippen LogP contribution in [0, 0.1) is 5.92 Å². The molecule has 1 aliphatic rings. The van der Waals surface area contributed by atoms with E-state index in [1.807, 2.05) is 12.1 Å². The summed E-state index contributed by atoms with van der Waals surface area (Å²) in [5, 5.41) is 2.12. The first kappa shape index (κ1) is 14.6. The lowest BCUT2D eigenvalue weighted by atomic mass is 10.1. The van der Waals surface area contributed by atoms with Crippen LogP contribution in [-0.4, -0.2) is 15.8 Å². The van der Waals surface area contributed by atoms with Gasteiger partial charge in [-0.3, -0.25) is 4.79 Å². The van der Waals surface area contributed by atoms with Crippen molar-refractivity contribution in [1.82, 2.24) is 9.55 Å². The van der Waals surface area contributed by atoms with Gasteiger partial charge in [-0.2, -0.15) is 0 Å². The number of benzene rings is 1. The highest BCUT2D eigenvalue weighted by Gasteiger charge is 2.28. The van der Waals surface area contributed by atoms with Crippen molar-refractivity contribution in [3.63, 3.8) is 0 Å². The lowest BCUT2D eigenvalue weighted by Crippen LogP contribution is -2.14. The Morgan fingerprint density at radius 2 is 2.26 bits per heavy atom. The van der Waals surface area contributed by atoms with Gasteiger partial charge >= 0.3 is 0 Å². The van der Waals surface area contributed by atoms with E-state index in [0.717, 1.165) is 24.0 Å².